The Labute approximate surface area is 120 Å². The van der Waals surface area contributed by atoms with E-state index in [1.165, 1.54) is 11.0 Å². The Morgan fingerprint density at radius 1 is 1.32 bits per heavy atom. The molecule has 0 aliphatic carbocycles. The molecule has 4 nitrogen and oxygen atoms in total. The van der Waals surface area contributed by atoms with E-state index in [1.54, 1.807) is 12.1 Å². The second-order valence-electron chi connectivity index (χ2n) is 4.55. The van der Waals surface area contributed by atoms with E-state index in [9.17, 15) is 9.59 Å². The number of carbonyl (C=O) groups is 2. The summed E-state index contributed by atoms with van der Waals surface area (Å²) in [5, 5.41) is 9.77. The second-order valence-corrected chi connectivity index (χ2v) is 5.40. The lowest BCUT2D eigenvalue weighted by atomic mass is 9.97. The van der Waals surface area contributed by atoms with Gasteiger partial charge in [0.25, 0.3) is 5.91 Å². The molecular formula is C13H13Cl2NO3. The maximum Gasteiger partial charge on any atom is 0.308 e. The summed E-state index contributed by atoms with van der Waals surface area (Å²) in [7, 11) is 0. The van der Waals surface area contributed by atoms with Crippen molar-refractivity contribution in [3.63, 3.8) is 0 Å². The molecule has 1 heterocycles. The monoisotopic (exact) mass is 301 g/mol. The number of rotatable bonds is 2. The third-order valence-corrected chi connectivity index (χ3v) is 3.77. The lowest BCUT2D eigenvalue weighted by Crippen LogP contribution is -2.42. The average Bonchev–Trinajstić information content (AvgIpc) is 2.38. The number of likely N-dealkylation sites (tertiary alicyclic amines) is 1. The van der Waals surface area contributed by atoms with Crippen molar-refractivity contribution in [3.8, 4) is 0 Å². The van der Waals surface area contributed by atoms with Gasteiger partial charge < -0.3 is 10.0 Å². The first-order chi connectivity index (χ1) is 8.99. The van der Waals surface area contributed by atoms with E-state index in [-0.39, 0.29) is 17.5 Å². The first-order valence-corrected chi connectivity index (χ1v) is 6.72. The molecule has 102 valence electrons. The lowest BCUT2D eigenvalue weighted by molar-refractivity contribution is -0.143. The van der Waals surface area contributed by atoms with E-state index in [1.807, 2.05) is 0 Å². The average molecular weight is 302 g/mol. The van der Waals surface area contributed by atoms with Gasteiger partial charge in [0.15, 0.2) is 0 Å². The van der Waals surface area contributed by atoms with Gasteiger partial charge in [-0.05, 0) is 31.0 Å². The summed E-state index contributed by atoms with van der Waals surface area (Å²) in [5.74, 6) is -1.60. The molecule has 1 aromatic carbocycles. The summed E-state index contributed by atoms with van der Waals surface area (Å²) in [5.41, 5.74) is 0.358. The molecule has 1 saturated heterocycles. The van der Waals surface area contributed by atoms with Crippen molar-refractivity contribution in [3.05, 3.63) is 33.8 Å². The van der Waals surface area contributed by atoms with Crippen LogP contribution in [-0.2, 0) is 4.79 Å². The van der Waals surface area contributed by atoms with Gasteiger partial charge in [-0.25, -0.2) is 0 Å². The number of benzene rings is 1. The molecule has 1 aromatic rings. The van der Waals surface area contributed by atoms with Crippen LogP contribution in [0.1, 0.15) is 23.2 Å². The van der Waals surface area contributed by atoms with Gasteiger partial charge in [-0.15, -0.1) is 0 Å². The highest BCUT2D eigenvalue weighted by atomic mass is 35.5. The van der Waals surface area contributed by atoms with E-state index in [0.29, 0.717) is 30.0 Å². The van der Waals surface area contributed by atoms with E-state index in [0.717, 1.165) is 0 Å². The van der Waals surface area contributed by atoms with Gasteiger partial charge in [0.05, 0.1) is 16.5 Å². The largest absolute Gasteiger partial charge is 0.481 e. The zero-order valence-electron chi connectivity index (χ0n) is 10.1. The molecule has 1 atom stereocenters. The summed E-state index contributed by atoms with van der Waals surface area (Å²) in [6.45, 7) is 0.786. The predicted octanol–water partition coefficient (Wildman–Crippen LogP) is 2.93. The SMILES string of the molecule is O=C(O)[C@H]1CCCN(C(=O)c2ccc(Cl)cc2Cl)C1. The first kappa shape index (κ1) is 14.2. The van der Waals surface area contributed by atoms with E-state index in [4.69, 9.17) is 28.3 Å². The van der Waals surface area contributed by atoms with E-state index < -0.39 is 11.9 Å². The van der Waals surface area contributed by atoms with Crippen molar-refractivity contribution < 1.29 is 14.7 Å². The van der Waals surface area contributed by atoms with Crippen molar-refractivity contribution in [2.24, 2.45) is 5.92 Å². The van der Waals surface area contributed by atoms with Gasteiger partial charge in [0, 0.05) is 18.1 Å². The summed E-state index contributed by atoms with van der Waals surface area (Å²) < 4.78 is 0. The van der Waals surface area contributed by atoms with Gasteiger partial charge >= 0.3 is 5.97 Å². The maximum absolute atomic E-state index is 12.3. The van der Waals surface area contributed by atoms with Crippen LogP contribution in [0, 0.1) is 5.92 Å². The van der Waals surface area contributed by atoms with Crippen LogP contribution in [-0.4, -0.2) is 35.0 Å². The molecule has 1 N–H and O–H groups in total. The molecule has 19 heavy (non-hydrogen) atoms. The number of amides is 1. The van der Waals surface area contributed by atoms with Gasteiger partial charge in [-0.2, -0.15) is 0 Å². The molecule has 0 aromatic heterocycles. The van der Waals surface area contributed by atoms with Gasteiger partial charge in [0.1, 0.15) is 0 Å². The molecule has 2 rings (SSSR count). The van der Waals surface area contributed by atoms with Crippen molar-refractivity contribution in [1.29, 1.82) is 0 Å². The first-order valence-electron chi connectivity index (χ1n) is 5.96. The van der Waals surface area contributed by atoms with Crippen LogP contribution in [0.5, 0.6) is 0 Å². The molecular weight excluding hydrogens is 289 g/mol. The van der Waals surface area contributed by atoms with Crippen molar-refractivity contribution >= 4 is 35.1 Å². The Bertz CT molecular complexity index is 519. The maximum atomic E-state index is 12.3. The molecule has 6 heteroatoms. The third-order valence-electron chi connectivity index (χ3n) is 3.22. The Balaban J connectivity index is 2.17. The van der Waals surface area contributed by atoms with Gasteiger partial charge in [-0.3, -0.25) is 9.59 Å². The number of carboxylic acids is 1. The van der Waals surface area contributed by atoms with Crippen LogP contribution >= 0.6 is 23.2 Å². The number of carboxylic acid groups (broad SMARTS) is 1. The summed E-state index contributed by atoms with van der Waals surface area (Å²) in [6.07, 6.45) is 1.29. The number of hydrogen-bond donors (Lipinski definition) is 1. The molecule has 1 amide bonds. The van der Waals surface area contributed by atoms with Crippen LogP contribution < -0.4 is 0 Å². The highest BCUT2D eigenvalue weighted by Gasteiger charge is 2.29. The van der Waals surface area contributed by atoms with Crippen LogP contribution in [0.15, 0.2) is 18.2 Å². The van der Waals surface area contributed by atoms with E-state index >= 15 is 0 Å². The fraction of sp³-hybridized carbons (Fsp3) is 0.385. The van der Waals surface area contributed by atoms with Crippen molar-refractivity contribution in [2.45, 2.75) is 12.8 Å². The number of aliphatic carboxylic acids is 1. The molecule has 1 aliphatic heterocycles. The minimum atomic E-state index is -0.861. The van der Waals surface area contributed by atoms with Crippen molar-refractivity contribution in [1.82, 2.24) is 4.90 Å². The zero-order valence-corrected chi connectivity index (χ0v) is 11.6. The van der Waals surface area contributed by atoms with Crippen LogP contribution in [0.3, 0.4) is 0 Å². The molecule has 0 radical (unpaired) electrons. The molecule has 1 aliphatic rings. The second kappa shape index (κ2) is 5.80. The number of halogens is 2. The highest BCUT2D eigenvalue weighted by molar-refractivity contribution is 6.36. The summed E-state index contributed by atoms with van der Waals surface area (Å²) >= 11 is 11.8. The number of carbonyl (C=O) groups excluding carboxylic acids is 1. The minimum absolute atomic E-state index is 0.229. The Hall–Kier alpha value is -1.26. The zero-order chi connectivity index (χ0) is 14.0. The lowest BCUT2D eigenvalue weighted by Gasteiger charge is -2.31. The molecule has 0 unspecified atom stereocenters. The fourth-order valence-corrected chi connectivity index (χ4v) is 2.69. The van der Waals surface area contributed by atoms with E-state index in [2.05, 4.69) is 0 Å². The van der Waals surface area contributed by atoms with Gasteiger partial charge in [-0.1, -0.05) is 23.2 Å². The Morgan fingerprint density at radius 2 is 2.05 bits per heavy atom. The van der Waals surface area contributed by atoms with Gasteiger partial charge in [0.2, 0.25) is 0 Å². The molecule has 1 fully saturated rings. The highest BCUT2D eigenvalue weighted by Crippen LogP contribution is 2.25. The smallest absolute Gasteiger partial charge is 0.308 e. The number of piperidine rings is 1. The topological polar surface area (TPSA) is 57.6 Å². The third kappa shape index (κ3) is 3.19. The molecule has 0 saturated carbocycles. The quantitative estimate of drug-likeness (QED) is 0.914. The molecule has 0 bridgehead atoms. The summed E-state index contributed by atoms with van der Waals surface area (Å²) in [4.78, 5) is 24.8. The van der Waals surface area contributed by atoms with Crippen LogP contribution in [0.4, 0.5) is 0 Å². The Kier molecular flexibility index (Phi) is 4.32. The minimum Gasteiger partial charge on any atom is -0.481 e. The summed E-state index contributed by atoms with van der Waals surface area (Å²) in [6, 6.07) is 4.67. The van der Waals surface area contributed by atoms with Crippen LogP contribution in [0.2, 0.25) is 10.0 Å². The number of nitrogens with zero attached hydrogens (tertiary/aromatic N) is 1. The number of hydrogen-bond acceptors (Lipinski definition) is 2. The van der Waals surface area contributed by atoms with Crippen LogP contribution in [0.25, 0.3) is 0 Å². The fourth-order valence-electron chi connectivity index (χ4n) is 2.20. The standard InChI is InChI=1S/C13H13Cl2NO3/c14-9-3-4-10(11(15)6-9)12(17)16-5-1-2-8(7-16)13(18)19/h3-4,6,8H,1-2,5,7H2,(H,18,19)/t8-/m0/s1. The Morgan fingerprint density at radius 3 is 2.68 bits per heavy atom. The van der Waals surface area contributed by atoms with Crippen molar-refractivity contribution in [2.75, 3.05) is 13.1 Å². The molecule has 0 spiro atoms. The normalized spacial score (nSPS) is 19.3. The predicted molar refractivity (Wildman–Crippen MR) is 72.7 cm³/mol.